The second-order valence-electron chi connectivity index (χ2n) is 2.33. The molecule has 1 rings (SSSR count). The number of nitrogens with one attached hydrogen (secondary N) is 1. The van der Waals surface area contributed by atoms with Gasteiger partial charge in [-0.1, -0.05) is 0 Å². The molecular weight excluding hydrogens is 191 g/mol. The van der Waals surface area contributed by atoms with E-state index in [0.29, 0.717) is 11.4 Å². The Bertz CT molecular complexity index is 330. The summed E-state index contributed by atoms with van der Waals surface area (Å²) in [5, 5.41) is 2.68. The molecular formula is C8H9FN2OS. The zero-order valence-corrected chi connectivity index (χ0v) is 7.82. The topological polar surface area (TPSA) is 47.3 Å². The van der Waals surface area contributed by atoms with Crippen molar-refractivity contribution in [3.63, 3.8) is 0 Å². The van der Waals surface area contributed by atoms with Crippen LogP contribution < -0.4 is 15.8 Å². The summed E-state index contributed by atoms with van der Waals surface area (Å²) >= 11 is 4.62. The lowest BCUT2D eigenvalue weighted by Crippen LogP contribution is -2.19. The second kappa shape index (κ2) is 4.04. The normalized spacial score (nSPS) is 9.38. The summed E-state index contributed by atoms with van der Waals surface area (Å²) in [5.41, 5.74) is 5.67. The van der Waals surface area contributed by atoms with Gasteiger partial charge in [0, 0.05) is 6.07 Å². The Hall–Kier alpha value is -1.36. The molecule has 0 saturated carbocycles. The van der Waals surface area contributed by atoms with Crippen LogP contribution in [0.4, 0.5) is 10.1 Å². The fraction of sp³-hybridized carbons (Fsp3) is 0.125. The summed E-state index contributed by atoms with van der Waals surface area (Å²) in [6.07, 6.45) is 0. The average molecular weight is 200 g/mol. The molecule has 0 atom stereocenters. The number of thiocarbonyl (C=S) groups is 1. The molecule has 0 heterocycles. The number of hydrogen-bond acceptors (Lipinski definition) is 2. The molecule has 0 unspecified atom stereocenters. The highest BCUT2D eigenvalue weighted by molar-refractivity contribution is 7.80. The van der Waals surface area contributed by atoms with Crippen molar-refractivity contribution in [2.24, 2.45) is 5.73 Å². The minimum atomic E-state index is -0.375. The van der Waals surface area contributed by atoms with E-state index < -0.39 is 0 Å². The highest BCUT2D eigenvalue weighted by Gasteiger charge is 2.03. The average Bonchev–Trinajstić information content (AvgIpc) is 2.03. The van der Waals surface area contributed by atoms with Gasteiger partial charge >= 0.3 is 0 Å². The summed E-state index contributed by atoms with van der Waals surface area (Å²) in [6.45, 7) is 0. The van der Waals surface area contributed by atoms with E-state index in [1.165, 1.54) is 25.3 Å². The van der Waals surface area contributed by atoms with Gasteiger partial charge in [-0.05, 0) is 24.4 Å². The lowest BCUT2D eigenvalue weighted by atomic mass is 10.3. The van der Waals surface area contributed by atoms with Crippen molar-refractivity contribution in [3.8, 4) is 5.75 Å². The van der Waals surface area contributed by atoms with Crippen LogP contribution in [0.25, 0.3) is 0 Å². The summed E-state index contributed by atoms with van der Waals surface area (Å²) in [7, 11) is 1.48. The number of anilines is 1. The van der Waals surface area contributed by atoms with E-state index >= 15 is 0 Å². The first-order valence-corrected chi connectivity index (χ1v) is 3.94. The molecule has 0 aliphatic carbocycles. The number of halogens is 1. The Morgan fingerprint density at radius 3 is 2.85 bits per heavy atom. The first-order valence-electron chi connectivity index (χ1n) is 3.53. The predicted octanol–water partition coefficient (Wildman–Crippen LogP) is 1.49. The van der Waals surface area contributed by atoms with Gasteiger partial charge in [-0.25, -0.2) is 4.39 Å². The van der Waals surface area contributed by atoms with Gasteiger partial charge in [-0.2, -0.15) is 0 Å². The Morgan fingerprint density at radius 2 is 2.31 bits per heavy atom. The molecule has 0 saturated heterocycles. The van der Waals surface area contributed by atoms with Gasteiger partial charge in [0.1, 0.15) is 11.6 Å². The van der Waals surface area contributed by atoms with Gasteiger partial charge in [0.25, 0.3) is 0 Å². The van der Waals surface area contributed by atoms with Crippen LogP contribution in [0.5, 0.6) is 5.75 Å². The number of hydrogen-bond donors (Lipinski definition) is 2. The highest BCUT2D eigenvalue weighted by Crippen LogP contribution is 2.24. The van der Waals surface area contributed by atoms with E-state index in [1.54, 1.807) is 0 Å². The minimum Gasteiger partial charge on any atom is -0.495 e. The van der Waals surface area contributed by atoms with Gasteiger partial charge in [-0.15, -0.1) is 0 Å². The Morgan fingerprint density at radius 1 is 1.62 bits per heavy atom. The molecule has 1 aromatic rings. The van der Waals surface area contributed by atoms with E-state index in [0.717, 1.165) is 0 Å². The van der Waals surface area contributed by atoms with Gasteiger partial charge in [0.15, 0.2) is 5.11 Å². The molecule has 0 bridgehead atoms. The third-order valence-corrected chi connectivity index (χ3v) is 1.52. The molecule has 0 aliphatic rings. The summed E-state index contributed by atoms with van der Waals surface area (Å²) < 4.78 is 17.7. The molecule has 3 nitrogen and oxygen atoms in total. The van der Waals surface area contributed by atoms with Gasteiger partial charge < -0.3 is 15.8 Å². The van der Waals surface area contributed by atoms with Crippen LogP contribution in [0.3, 0.4) is 0 Å². The van der Waals surface area contributed by atoms with Crippen LogP contribution in [0.1, 0.15) is 0 Å². The predicted molar refractivity (Wildman–Crippen MR) is 53.4 cm³/mol. The van der Waals surface area contributed by atoms with Crippen molar-refractivity contribution in [1.82, 2.24) is 0 Å². The van der Waals surface area contributed by atoms with E-state index in [9.17, 15) is 4.39 Å². The van der Waals surface area contributed by atoms with Crippen LogP contribution in [-0.2, 0) is 0 Å². The van der Waals surface area contributed by atoms with E-state index in [2.05, 4.69) is 17.5 Å². The zero-order chi connectivity index (χ0) is 9.84. The van der Waals surface area contributed by atoms with Crippen molar-refractivity contribution < 1.29 is 9.13 Å². The van der Waals surface area contributed by atoms with Crippen molar-refractivity contribution in [2.75, 3.05) is 12.4 Å². The fourth-order valence-electron chi connectivity index (χ4n) is 0.911. The van der Waals surface area contributed by atoms with Crippen LogP contribution in [0.15, 0.2) is 18.2 Å². The van der Waals surface area contributed by atoms with Crippen LogP contribution >= 0.6 is 12.2 Å². The van der Waals surface area contributed by atoms with Crippen LogP contribution in [0.2, 0.25) is 0 Å². The SMILES string of the molecule is COc1ccc(F)cc1NC(N)=S. The van der Waals surface area contributed by atoms with Gasteiger partial charge in [-0.3, -0.25) is 0 Å². The first-order chi connectivity index (χ1) is 6.13. The van der Waals surface area contributed by atoms with Gasteiger partial charge in [0.2, 0.25) is 0 Å². The molecule has 0 aliphatic heterocycles. The van der Waals surface area contributed by atoms with E-state index in [4.69, 9.17) is 10.5 Å². The second-order valence-corrected chi connectivity index (χ2v) is 2.77. The molecule has 0 fully saturated rings. The third kappa shape index (κ3) is 2.55. The number of rotatable bonds is 2. The smallest absolute Gasteiger partial charge is 0.168 e. The molecule has 0 spiro atoms. The summed E-state index contributed by atoms with van der Waals surface area (Å²) in [5.74, 6) is 0.119. The largest absolute Gasteiger partial charge is 0.495 e. The van der Waals surface area contributed by atoms with Crippen molar-refractivity contribution >= 4 is 23.0 Å². The van der Waals surface area contributed by atoms with Crippen LogP contribution in [-0.4, -0.2) is 12.2 Å². The number of methoxy groups -OCH3 is 1. The standard InChI is InChI=1S/C8H9FN2OS/c1-12-7-3-2-5(9)4-6(7)11-8(10)13/h2-4H,1H3,(H3,10,11,13). The zero-order valence-electron chi connectivity index (χ0n) is 7.00. The molecule has 0 aromatic heterocycles. The van der Waals surface area contributed by atoms with Crippen molar-refractivity contribution in [3.05, 3.63) is 24.0 Å². The van der Waals surface area contributed by atoms with Crippen LogP contribution in [0, 0.1) is 5.82 Å². The lowest BCUT2D eigenvalue weighted by Gasteiger charge is -2.08. The monoisotopic (exact) mass is 200 g/mol. The highest BCUT2D eigenvalue weighted by atomic mass is 32.1. The molecule has 0 amide bonds. The molecule has 0 radical (unpaired) electrons. The number of nitrogens with two attached hydrogens (primary N) is 1. The van der Waals surface area contributed by atoms with E-state index in [1.807, 2.05) is 0 Å². The minimum absolute atomic E-state index is 0.0731. The molecule has 13 heavy (non-hydrogen) atoms. The van der Waals surface area contributed by atoms with Crippen molar-refractivity contribution in [1.29, 1.82) is 0 Å². The van der Waals surface area contributed by atoms with E-state index in [-0.39, 0.29) is 10.9 Å². The lowest BCUT2D eigenvalue weighted by molar-refractivity contribution is 0.416. The van der Waals surface area contributed by atoms with Gasteiger partial charge in [0.05, 0.1) is 12.8 Å². The first kappa shape index (κ1) is 9.73. The summed E-state index contributed by atoms with van der Waals surface area (Å²) in [4.78, 5) is 0. The molecule has 3 N–H and O–H groups in total. The molecule has 70 valence electrons. The molecule has 5 heteroatoms. The maximum atomic E-state index is 12.8. The maximum absolute atomic E-state index is 12.8. The maximum Gasteiger partial charge on any atom is 0.168 e. The fourth-order valence-corrected chi connectivity index (χ4v) is 1.02. The number of benzene rings is 1. The third-order valence-electron chi connectivity index (χ3n) is 1.42. The Balaban J connectivity index is 3.01. The molecule has 1 aromatic carbocycles. The quantitative estimate of drug-likeness (QED) is 0.710. The number of ether oxygens (including phenoxy) is 1. The Kier molecular flexibility index (Phi) is 3.02. The summed E-state index contributed by atoms with van der Waals surface area (Å²) in [6, 6.07) is 4.05. The Labute approximate surface area is 80.7 Å². The van der Waals surface area contributed by atoms with Crippen molar-refractivity contribution in [2.45, 2.75) is 0 Å².